The van der Waals surface area contributed by atoms with Gasteiger partial charge in [-0.2, -0.15) is 5.10 Å². The van der Waals surface area contributed by atoms with Crippen molar-refractivity contribution in [3.8, 4) is 21.7 Å². The van der Waals surface area contributed by atoms with E-state index in [9.17, 15) is 0 Å². The van der Waals surface area contributed by atoms with Crippen molar-refractivity contribution in [2.75, 3.05) is 0 Å². The summed E-state index contributed by atoms with van der Waals surface area (Å²) in [4.78, 5) is 6.31. The van der Waals surface area contributed by atoms with Gasteiger partial charge in [-0.05, 0) is 17.7 Å². The second-order valence-corrected chi connectivity index (χ2v) is 6.02. The van der Waals surface area contributed by atoms with E-state index >= 15 is 0 Å². The molecule has 3 nitrogen and oxygen atoms in total. The molecule has 0 spiro atoms. The minimum Gasteiger partial charge on any atom is -0.206 e. The van der Waals surface area contributed by atoms with Crippen LogP contribution in [0.3, 0.4) is 0 Å². The number of hydrogen-bond acceptors (Lipinski definition) is 3. The molecule has 2 aromatic carbocycles. The third kappa shape index (κ3) is 2.13. The van der Waals surface area contributed by atoms with Crippen molar-refractivity contribution in [3.05, 3.63) is 65.9 Å². The third-order valence-electron chi connectivity index (χ3n) is 3.27. The van der Waals surface area contributed by atoms with E-state index in [1.165, 1.54) is 0 Å². The topological polar surface area (TPSA) is 30.2 Å². The van der Waals surface area contributed by atoms with Gasteiger partial charge in [-0.15, -0.1) is 0 Å². The minimum absolute atomic E-state index is 0.727. The summed E-state index contributed by atoms with van der Waals surface area (Å²) < 4.78 is 1.89. The zero-order valence-corrected chi connectivity index (χ0v) is 12.5. The maximum absolute atomic E-state index is 6.13. The Kier molecular flexibility index (Phi) is 2.98. The summed E-state index contributed by atoms with van der Waals surface area (Å²) in [6.07, 6.45) is 1.58. The van der Waals surface area contributed by atoms with Crippen molar-refractivity contribution in [1.29, 1.82) is 0 Å². The first kappa shape index (κ1) is 12.6. The molecule has 5 heteroatoms. The molecule has 2 aromatic heterocycles. The van der Waals surface area contributed by atoms with E-state index in [-0.39, 0.29) is 0 Å². The first-order valence-electron chi connectivity index (χ1n) is 6.47. The van der Waals surface area contributed by atoms with Crippen LogP contribution in [0.2, 0.25) is 5.02 Å². The number of rotatable bonds is 2. The van der Waals surface area contributed by atoms with E-state index in [1.807, 2.05) is 40.9 Å². The van der Waals surface area contributed by atoms with Crippen LogP contribution in [0, 0.1) is 0 Å². The average Bonchev–Trinajstić information content (AvgIpc) is 3.08. The Labute approximate surface area is 130 Å². The van der Waals surface area contributed by atoms with E-state index in [1.54, 1.807) is 17.7 Å². The predicted octanol–water partition coefficient (Wildman–Crippen LogP) is 4.78. The molecule has 0 unspecified atom stereocenters. The van der Waals surface area contributed by atoms with Crippen molar-refractivity contribution in [1.82, 2.24) is 14.6 Å². The van der Waals surface area contributed by atoms with Gasteiger partial charge < -0.3 is 0 Å². The van der Waals surface area contributed by atoms with Crippen LogP contribution in [0.1, 0.15) is 0 Å². The summed E-state index contributed by atoms with van der Waals surface area (Å²) in [6, 6.07) is 18.1. The largest absolute Gasteiger partial charge is 0.213 e. The molecule has 0 radical (unpaired) electrons. The summed E-state index contributed by atoms with van der Waals surface area (Å²) >= 11 is 7.75. The summed E-state index contributed by atoms with van der Waals surface area (Å²) in [5.41, 5.74) is 3.25. The number of thiazole rings is 1. The van der Waals surface area contributed by atoms with E-state index in [4.69, 9.17) is 11.6 Å². The summed E-state index contributed by atoms with van der Waals surface area (Å²) in [6.45, 7) is 0. The molecule has 0 saturated carbocycles. The number of aromatic nitrogens is 3. The quantitative estimate of drug-likeness (QED) is 0.533. The van der Waals surface area contributed by atoms with Crippen LogP contribution in [0.4, 0.5) is 0 Å². The summed E-state index contributed by atoms with van der Waals surface area (Å²) in [5, 5.41) is 5.07. The van der Waals surface area contributed by atoms with Crippen LogP contribution >= 0.6 is 22.9 Å². The van der Waals surface area contributed by atoms with E-state index in [2.05, 4.69) is 28.3 Å². The number of benzene rings is 2. The molecular formula is C16H10ClN3S. The Morgan fingerprint density at radius 1 is 0.952 bits per heavy atom. The van der Waals surface area contributed by atoms with Gasteiger partial charge in [-0.3, -0.25) is 0 Å². The Balaban J connectivity index is 2.03. The monoisotopic (exact) mass is 311 g/mol. The van der Waals surface area contributed by atoms with Crippen molar-refractivity contribution < 1.29 is 0 Å². The lowest BCUT2D eigenvalue weighted by Gasteiger charge is -2.05. The Bertz CT molecular complexity index is 912. The maximum atomic E-state index is 6.13. The molecule has 0 amide bonds. The highest BCUT2D eigenvalue weighted by atomic mass is 35.5. The van der Waals surface area contributed by atoms with Gasteiger partial charge >= 0.3 is 0 Å². The molecule has 2 heterocycles. The van der Waals surface area contributed by atoms with Gasteiger partial charge in [0.15, 0.2) is 0 Å². The SMILES string of the molecule is Clc1cccc(-c2sc3ncnn3c2-c2ccccc2)c1. The van der Waals surface area contributed by atoms with Gasteiger partial charge in [0.2, 0.25) is 4.96 Å². The molecule has 0 atom stereocenters. The van der Waals surface area contributed by atoms with Crippen LogP contribution in [0.15, 0.2) is 60.9 Å². The van der Waals surface area contributed by atoms with E-state index in [0.29, 0.717) is 0 Å². The molecule has 0 saturated heterocycles. The standard InChI is InChI=1S/C16H10ClN3S/c17-13-8-4-7-12(9-13)15-14(11-5-2-1-3-6-11)20-16(21-15)18-10-19-20/h1-10H. The van der Waals surface area contributed by atoms with E-state index in [0.717, 1.165) is 31.7 Å². The second-order valence-electron chi connectivity index (χ2n) is 4.61. The Hall–Kier alpha value is -2.17. The second kappa shape index (κ2) is 4.98. The van der Waals surface area contributed by atoms with Crippen LogP contribution in [0.25, 0.3) is 26.7 Å². The molecule has 0 fully saturated rings. The zero-order chi connectivity index (χ0) is 14.2. The normalized spacial score (nSPS) is 11.1. The fraction of sp³-hybridized carbons (Fsp3) is 0. The fourth-order valence-corrected chi connectivity index (χ4v) is 3.61. The van der Waals surface area contributed by atoms with Crippen molar-refractivity contribution >= 4 is 27.9 Å². The van der Waals surface area contributed by atoms with Crippen molar-refractivity contribution in [2.24, 2.45) is 0 Å². The Morgan fingerprint density at radius 3 is 2.57 bits per heavy atom. The lowest BCUT2D eigenvalue weighted by molar-refractivity contribution is 0.985. The molecule has 0 bridgehead atoms. The lowest BCUT2D eigenvalue weighted by atomic mass is 10.1. The van der Waals surface area contributed by atoms with Gasteiger partial charge in [0.1, 0.15) is 6.33 Å². The minimum atomic E-state index is 0.727. The summed E-state index contributed by atoms with van der Waals surface area (Å²) in [5.74, 6) is 0. The Morgan fingerprint density at radius 2 is 1.76 bits per heavy atom. The highest BCUT2D eigenvalue weighted by Gasteiger charge is 2.17. The molecule has 0 aliphatic carbocycles. The first-order valence-corrected chi connectivity index (χ1v) is 7.66. The smallest absolute Gasteiger partial charge is 0.206 e. The predicted molar refractivity (Wildman–Crippen MR) is 86.7 cm³/mol. The summed E-state index contributed by atoms with van der Waals surface area (Å²) in [7, 11) is 0. The first-order chi connectivity index (χ1) is 10.3. The highest BCUT2D eigenvalue weighted by Crippen LogP contribution is 2.39. The molecule has 0 aliphatic heterocycles. The van der Waals surface area contributed by atoms with Crippen molar-refractivity contribution in [2.45, 2.75) is 0 Å². The third-order valence-corrected chi connectivity index (χ3v) is 4.60. The maximum Gasteiger partial charge on any atom is 0.213 e. The zero-order valence-electron chi connectivity index (χ0n) is 10.9. The van der Waals surface area contributed by atoms with Crippen LogP contribution in [-0.2, 0) is 0 Å². The van der Waals surface area contributed by atoms with Gasteiger partial charge in [0, 0.05) is 10.6 Å². The molecule has 21 heavy (non-hydrogen) atoms. The molecule has 102 valence electrons. The van der Waals surface area contributed by atoms with Gasteiger partial charge in [0.05, 0.1) is 10.6 Å². The van der Waals surface area contributed by atoms with Crippen LogP contribution in [0.5, 0.6) is 0 Å². The molecule has 4 aromatic rings. The number of halogens is 1. The molecule has 4 rings (SSSR count). The fourth-order valence-electron chi connectivity index (χ4n) is 2.36. The number of fused-ring (bicyclic) bond motifs is 1. The van der Waals surface area contributed by atoms with E-state index < -0.39 is 0 Å². The van der Waals surface area contributed by atoms with Crippen molar-refractivity contribution in [3.63, 3.8) is 0 Å². The van der Waals surface area contributed by atoms with Crippen LogP contribution in [-0.4, -0.2) is 14.6 Å². The average molecular weight is 312 g/mol. The highest BCUT2D eigenvalue weighted by molar-refractivity contribution is 7.20. The lowest BCUT2D eigenvalue weighted by Crippen LogP contribution is -1.89. The van der Waals surface area contributed by atoms with Gasteiger partial charge in [0.25, 0.3) is 0 Å². The molecular weight excluding hydrogens is 302 g/mol. The molecule has 0 N–H and O–H groups in total. The van der Waals surface area contributed by atoms with Crippen LogP contribution < -0.4 is 0 Å². The molecule has 0 aliphatic rings. The number of hydrogen-bond donors (Lipinski definition) is 0. The van der Waals surface area contributed by atoms with Gasteiger partial charge in [-0.25, -0.2) is 9.50 Å². The van der Waals surface area contributed by atoms with Gasteiger partial charge in [-0.1, -0.05) is 65.4 Å². The number of nitrogens with zero attached hydrogens (tertiary/aromatic N) is 3.